The number of thiophene rings is 1. The molecule has 6 rings (SSSR count). The van der Waals surface area contributed by atoms with Crippen LogP contribution < -0.4 is 10.5 Å². The number of esters is 1. The number of nitrogens with zero attached hydrogens (tertiary/aromatic N) is 5. The summed E-state index contributed by atoms with van der Waals surface area (Å²) in [5.74, 6) is -0.872. The third kappa shape index (κ3) is 3.09. The summed E-state index contributed by atoms with van der Waals surface area (Å²) in [5, 5.41) is 9.97. The Morgan fingerprint density at radius 2 is 1.71 bits per heavy atom. The third-order valence-electron chi connectivity index (χ3n) is 5.86. The van der Waals surface area contributed by atoms with Gasteiger partial charge in [-0.2, -0.15) is 0 Å². The SMILES string of the molecule is Cn1c(=O)c2sccc2n2c(COC(=O)c3cccc(N4C(=O)c5ccccc5C4=O)c3)nnc12. The molecule has 2 aromatic carbocycles. The van der Waals surface area contributed by atoms with Crippen molar-refractivity contribution in [1.29, 1.82) is 0 Å². The van der Waals surface area contributed by atoms with Crippen LogP contribution in [0.15, 0.2) is 64.8 Å². The lowest BCUT2D eigenvalue weighted by atomic mass is 10.1. The van der Waals surface area contributed by atoms with E-state index in [0.717, 1.165) is 4.90 Å². The maximum absolute atomic E-state index is 12.8. The van der Waals surface area contributed by atoms with Crippen molar-refractivity contribution in [2.75, 3.05) is 4.90 Å². The molecule has 10 nitrogen and oxygen atoms in total. The van der Waals surface area contributed by atoms with Crippen molar-refractivity contribution in [3.05, 3.63) is 92.8 Å². The molecular weight excluding hydrogens is 470 g/mol. The van der Waals surface area contributed by atoms with Crippen LogP contribution in [-0.2, 0) is 18.4 Å². The summed E-state index contributed by atoms with van der Waals surface area (Å²) in [6.07, 6.45) is 0. The van der Waals surface area contributed by atoms with Crippen molar-refractivity contribution in [3.8, 4) is 0 Å². The number of benzene rings is 2. The molecule has 0 bridgehead atoms. The second kappa shape index (κ2) is 7.71. The molecule has 5 aromatic rings. The van der Waals surface area contributed by atoms with Crippen LogP contribution in [0.25, 0.3) is 16.0 Å². The summed E-state index contributed by atoms with van der Waals surface area (Å²) < 4.78 is 9.09. The lowest BCUT2D eigenvalue weighted by Gasteiger charge is -2.14. The number of rotatable bonds is 4. The summed E-state index contributed by atoms with van der Waals surface area (Å²) in [7, 11) is 1.60. The van der Waals surface area contributed by atoms with E-state index in [4.69, 9.17) is 4.74 Å². The van der Waals surface area contributed by atoms with E-state index in [2.05, 4.69) is 10.2 Å². The number of aryl methyl sites for hydroxylation is 1. The number of carbonyl (C=O) groups is 3. The summed E-state index contributed by atoms with van der Waals surface area (Å²) in [6, 6.07) is 14.5. The van der Waals surface area contributed by atoms with E-state index < -0.39 is 17.8 Å². The van der Waals surface area contributed by atoms with Gasteiger partial charge in [-0.05, 0) is 41.8 Å². The van der Waals surface area contributed by atoms with Gasteiger partial charge in [0, 0.05) is 7.05 Å². The van der Waals surface area contributed by atoms with Crippen LogP contribution in [0.3, 0.4) is 0 Å². The fourth-order valence-corrected chi connectivity index (χ4v) is 5.01. The number of imide groups is 1. The Hall–Kier alpha value is -4.64. The van der Waals surface area contributed by atoms with Gasteiger partial charge in [0.15, 0.2) is 12.4 Å². The molecule has 0 atom stereocenters. The molecule has 172 valence electrons. The molecular formula is C24H15N5O5S. The second-order valence-corrected chi connectivity index (χ2v) is 8.78. The smallest absolute Gasteiger partial charge is 0.338 e. The zero-order chi connectivity index (χ0) is 24.3. The first-order valence-corrected chi connectivity index (χ1v) is 11.4. The molecule has 0 fully saturated rings. The van der Waals surface area contributed by atoms with Crippen LogP contribution in [0.4, 0.5) is 5.69 Å². The highest BCUT2D eigenvalue weighted by Crippen LogP contribution is 2.29. The molecule has 0 saturated heterocycles. The van der Waals surface area contributed by atoms with Gasteiger partial charge in [-0.15, -0.1) is 21.5 Å². The molecule has 3 aromatic heterocycles. The molecule has 0 unspecified atom stereocenters. The number of fused-ring (bicyclic) bond motifs is 4. The van der Waals surface area contributed by atoms with E-state index in [-0.39, 0.29) is 23.4 Å². The monoisotopic (exact) mass is 485 g/mol. The molecule has 4 heterocycles. The number of anilines is 1. The maximum Gasteiger partial charge on any atom is 0.338 e. The van der Waals surface area contributed by atoms with Gasteiger partial charge in [0.05, 0.1) is 27.9 Å². The third-order valence-corrected chi connectivity index (χ3v) is 6.76. The van der Waals surface area contributed by atoms with Crippen molar-refractivity contribution in [1.82, 2.24) is 19.2 Å². The Kier molecular flexibility index (Phi) is 4.61. The van der Waals surface area contributed by atoms with Gasteiger partial charge in [0.1, 0.15) is 4.70 Å². The van der Waals surface area contributed by atoms with Crippen LogP contribution in [0.2, 0.25) is 0 Å². The van der Waals surface area contributed by atoms with Crippen LogP contribution >= 0.6 is 11.3 Å². The zero-order valence-electron chi connectivity index (χ0n) is 18.2. The van der Waals surface area contributed by atoms with Gasteiger partial charge in [-0.3, -0.25) is 23.4 Å². The Balaban J connectivity index is 1.28. The fourth-order valence-electron chi connectivity index (χ4n) is 4.16. The van der Waals surface area contributed by atoms with Crippen molar-refractivity contribution in [3.63, 3.8) is 0 Å². The average Bonchev–Trinajstić information content (AvgIpc) is 3.58. The lowest BCUT2D eigenvalue weighted by molar-refractivity contribution is 0.0461. The largest absolute Gasteiger partial charge is 0.454 e. The Morgan fingerprint density at radius 3 is 2.46 bits per heavy atom. The fraction of sp³-hybridized carbons (Fsp3) is 0.0833. The summed E-state index contributed by atoms with van der Waals surface area (Å²) in [6.45, 7) is -0.194. The molecule has 1 aliphatic heterocycles. The topological polar surface area (TPSA) is 116 Å². The van der Waals surface area contributed by atoms with E-state index in [9.17, 15) is 19.2 Å². The van der Waals surface area contributed by atoms with E-state index in [0.29, 0.717) is 32.9 Å². The van der Waals surface area contributed by atoms with Crippen molar-refractivity contribution in [2.45, 2.75) is 6.61 Å². The number of hydrogen-bond donors (Lipinski definition) is 0. The minimum atomic E-state index is -0.661. The summed E-state index contributed by atoms with van der Waals surface area (Å²) in [4.78, 5) is 51.9. The standard InChI is InChI=1S/C24H15N5O5S/c1-27-22(32)19-17(9-10-35-19)29-18(25-26-24(27)29)12-34-23(33)13-5-4-6-14(11-13)28-20(30)15-7-2-3-8-16(15)21(28)31/h2-11H,12H2,1H3. The first-order chi connectivity index (χ1) is 17.0. The highest BCUT2D eigenvalue weighted by molar-refractivity contribution is 7.17. The molecule has 11 heteroatoms. The summed E-state index contributed by atoms with van der Waals surface area (Å²) in [5.41, 5.74) is 1.53. The van der Waals surface area contributed by atoms with Crippen LogP contribution in [-0.4, -0.2) is 36.9 Å². The molecule has 2 amide bonds. The van der Waals surface area contributed by atoms with Crippen LogP contribution in [0.5, 0.6) is 0 Å². The zero-order valence-corrected chi connectivity index (χ0v) is 19.0. The lowest BCUT2D eigenvalue weighted by Crippen LogP contribution is -2.29. The molecule has 0 saturated carbocycles. The van der Waals surface area contributed by atoms with Gasteiger partial charge in [-0.1, -0.05) is 18.2 Å². The Bertz CT molecular complexity index is 1730. The first-order valence-electron chi connectivity index (χ1n) is 10.5. The predicted octanol–water partition coefficient (Wildman–Crippen LogP) is 2.80. The Labute approximate surface area is 200 Å². The minimum Gasteiger partial charge on any atom is -0.454 e. The second-order valence-electron chi connectivity index (χ2n) is 7.87. The van der Waals surface area contributed by atoms with E-state index >= 15 is 0 Å². The van der Waals surface area contributed by atoms with Gasteiger partial charge in [0.2, 0.25) is 5.78 Å². The number of ether oxygens (including phenoxy) is 1. The van der Waals surface area contributed by atoms with Gasteiger partial charge >= 0.3 is 5.97 Å². The van der Waals surface area contributed by atoms with Crippen molar-refractivity contribution in [2.24, 2.45) is 7.05 Å². The van der Waals surface area contributed by atoms with Crippen molar-refractivity contribution < 1.29 is 19.1 Å². The molecule has 0 radical (unpaired) electrons. The molecule has 0 aliphatic carbocycles. The molecule has 35 heavy (non-hydrogen) atoms. The highest BCUT2D eigenvalue weighted by atomic mass is 32.1. The number of carbonyl (C=O) groups excluding carboxylic acids is 3. The number of hydrogen-bond acceptors (Lipinski definition) is 8. The Morgan fingerprint density at radius 1 is 0.971 bits per heavy atom. The van der Waals surface area contributed by atoms with Gasteiger partial charge in [-0.25, -0.2) is 9.69 Å². The van der Waals surface area contributed by atoms with E-state index in [1.54, 1.807) is 59.3 Å². The number of aromatic nitrogens is 4. The maximum atomic E-state index is 12.8. The quantitative estimate of drug-likeness (QED) is 0.284. The average molecular weight is 485 g/mol. The number of amides is 2. The van der Waals surface area contributed by atoms with Crippen LogP contribution in [0.1, 0.15) is 36.9 Å². The van der Waals surface area contributed by atoms with Crippen molar-refractivity contribution >= 4 is 50.8 Å². The van der Waals surface area contributed by atoms with E-state index in [1.807, 2.05) is 0 Å². The predicted molar refractivity (Wildman–Crippen MR) is 127 cm³/mol. The molecule has 0 N–H and O–H groups in total. The van der Waals surface area contributed by atoms with Crippen LogP contribution in [0, 0.1) is 0 Å². The molecule has 1 aliphatic rings. The minimum absolute atomic E-state index is 0.168. The summed E-state index contributed by atoms with van der Waals surface area (Å²) >= 11 is 1.31. The van der Waals surface area contributed by atoms with E-state index in [1.165, 1.54) is 28.0 Å². The molecule has 0 spiro atoms. The highest BCUT2D eigenvalue weighted by Gasteiger charge is 2.36. The van der Waals surface area contributed by atoms with Gasteiger partial charge in [0.25, 0.3) is 17.4 Å². The first kappa shape index (κ1) is 20.9. The van der Waals surface area contributed by atoms with Gasteiger partial charge < -0.3 is 4.74 Å². The normalized spacial score (nSPS) is 13.1.